The van der Waals surface area contributed by atoms with Gasteiger partial charge in [0.1, 0.15) is 17.6 Å². The van der Waals surface area contributed by atoms with Crippen molar-refractivity contribution in [2.75, 3.05) is 12.9 Å². The van der Waals surface area contributed by atoms with E-state index in [9.17, 15) is 10.2 Å². The van der Waals surface area contributed by atoms with Crippen LogP contribution in [0.4, 0.5) is 0 Å². The molecule has 0 aromatic heterocycles. The fourth-order valence-electron chi connectivity index (χ4n) is 1.49. The van der Waals surface area contributed by atoms with E-state index in [1.165, 1.54) is 11.8 Å². The fraction of sp³-hybridized carbons (Fsp3) is 1.00. The highest BCUT2D eigenvalue weighted by Gasteiger charge is 2.41. The Morgan fingerprint density at radius 1 is 1.31 bits per heavy atom. The molecule has 1 rings (SSSR count). The molecule has 1 fully saturated rings. The van der Waals surface area contributed by atoms with Gasteiger partial charge in [0, 0.05) is 5.92 Å². The molecule has 0 radical (unpaired) electrons. The minimum Gasteiger partial charge on any atom is -0.394 e. The number of thioether (sulfide) groups is 1. The van der Waals surface area contributed by atoms with E-state index >= 15 is 0 Å². The SMILES string of the molecule is CSC1OC(CO)C(O)[C@H](O)[C@H]1C. The predicted octanol–water partition coefficient (Wildman–Crippen LogP) is -0.576. The Balaban J connectivity index is 2.66. The average Bonchev–Trinajstić information content (AvgIpc) is 2.15. The van der Waals surface area contributed by atoms with E-state index in [0.29, 0.717) is 0 Å². The summed E-state index contributed by atoms with van der Waals surface area (Å²) >= 11 is 1.47. The number of aliphatic hydroxyl groups excluding tert-OH is 3. The van der Waals surface area contributed by atoms with Gasteiger partial charge in [0.15, 0.2) is 0 Å². The van der Waals surface area contributed by atoms with Crippen molar-refractivity contribution in [3.05, 3.63) is 0 Å². The Morgan fingerprint density at radius 2 is 1.92 bits per heavy atom. The molecule has 0 aromatic rings. The van der Waals surface area contributed by atoms with Gasteiger partial charge in [-0.3, -0.25) is 0 Å². The molecule has 0 aliphatic carbocycles. The lowest BCUT2D eigenvalue weighted by atomic mass is 9.94. The molecule has 0 aromatic carbocycles. The maximum atomic E-state index is 9.59. The molecule has 13 heavy (non-hydrogen) atoms. The monoisotopic (exact) mass is 208 g/mol. The van der Waals surface area contributed by atoms with Crippen molar-refractivity contribution in [3.8, 4) is 0 Å². The second-order valence-electron chi connectivity index (χ2n) is 3.30. The minimum absolute atomic E-state index is 0.118. The highest BCUT2D eigenvalue weighted by Crippen LogP contribution is 2.30. The van der Waals surface area contributed by atoms with Crippen LogP contribution in [0.2, 0.25) is 0 Å². The van der Waals surface area contributed by atoms with Gasteiger partial charge in [0.2, 0.25) is 0 Å². The van der Waals surface area contributed by atoms with Gasteiger partial charge in [0.05, 0.1) is 12.7 Å². The van der Waals surface area contributed by atoms with Crippen molar-refractivity contribution in [3.63, 3.8) is 0 Å². The van der Waals surface area contributed by atoms with Crippen molar-refractivity contribution < 1.29 is 20.1 Å². The van der Waals surface area contributed by atoms with Crippen molar-refractivity contribution >= 4 is 11.8 Å². The van der Waals surface area contributed by atoms with Crippen molar-refractivity contribution in [2.45, 2.75) is 30.7 Å². The van der Waals surface area contributed by atoms with E-state index in [0.717, 1.165) is 0 Å². The zero-order valence-electron chi connectivity index (χ0n) is 7.75. The van der Waals surface area contributed by atoms with Crippen LogP contribution in [0.3, 0.4) is 0 Å². The first-order valence-electron chi connectivity index (χ1n) is 4.27. The van der Waals surface area contributed by atoms with Gasteiger partial charge in [-0.15, -0.1) is 11.8 Å². The van der Waals surface area contributed by atoms with Crippen LogP contribution in [-0.4, -0.2) is 51.9 Å². The second kappa shape index (κ2) is 4.61. The molecule has 3 unspecified atom stereocenters. The van der Waals surface area contributed by atoms with Gasteiger partial charge in [0.25, 0.3) is 0 Å². The zero-order chi connectivity index (χ0) is 10.0. The number of hydrogen-bond donors (Lipinski definition) is 3. The van der Waals surface area contributed by atoms with Gasteiger partial charge in [-0.05, 0) is 6.26 Å². The first-order chi connectivity index (χ1) is 6.11. The first-order valence-corrected chi connectivity index (χ1v) is 5.55. The fourth-order valence-corrected chi connectivity index (χ4v) is 2.33. The third-order valence-corrected chi connectivity index (χ3v) is 3.43. The van der Waals surface area contributed by atoms with Crippen LogP contribution in [-0.2, 0) is 4.74 Å². The minimum atomic E-state index is -0.983. The molecular formula is C8H16O4S. The highest BCUT2D eigenvalue weighted by molar-refractivity contribution is 7.99. The Morgan fingerprint density at radius 3 is 2.38 bits per heavy atom. The van der Waals surface area contributed by atoms with Crippen LogP contribution in [0, 0.1) is 5.92 Å². The van der Waals surface area contributed by atoms with Crippen LogP contribution >= 0.6 is 11.8 Å². The molecule has 5 atom stereocenters. The van der Waals surface area contributed by atoms with Crippen LogP contribution in [0.5, 0.6) is 0 Å². The summed E-state index contributed by atoms with van der Waals surface area (Å²) in [7, 11) is 0. The molecule has 1 saturated heterocycles. The third-order valence-electron chi connectivity index (χ3n) is 2.42. The molecule has 5 heteroatoms. The van der Waals surface area contributed by atoms with E-state index in [4.69, 9.17) is 9.84 Å². The number of rotatable bonds is 2. The van der Waals surface area contributed by atoms with Gasteiger partial charge in [-0.1, -0.05) is 6.92 Å². The third kappa shape index (κ3) is 2.16. The highest BCUT2D eigenvalue weighted by atomic mass is 32.2. The summed E-state index contributed by atoms with van der Waals surface area (Å²) < 4.78 is 5.38. The van der Waals surface area contributed by atoms with Gasteiger partial charge < -0.3 is 20.1 Å². The molecular weight excluding hydrogens is 192 g/mol. The molecule has 4 nitrogen and oxygen atoms in total. The van der Waals surface area contributed by atoms with E-state index in [1.54, 1.807) is 0 Å². The second-order valence-corrected chi connectivity index (χ2v) is 4.24. The largest absolute Gasteiger partial charge is 0.394 e. The lowest BCUT2D eigenvalue weighted by Gasteiger charge is -2.40. The zero-order valence-corrected chi connectivity index (χ0v) is 8.57. The summed E-state index contributed by atoms with van der Waals surface area (Å²) in [4.78, 5) is 0. The molecule has 1 aliphatic heterocycles. The number of hydrogen-bond acceptors (Lipinski definition) is 5. The average molecular weight is 208 g/mol. The molecule has 1 aliphatic rings. The van der Waals surface area contributed by atoms with Crippen LogP contribution in [0.1, 0.15) is 6.92 Å². The molecule has 0 amide bonds. The van der Waals surface area contributed by atoms with Crippen molar-refractivity contribution in [1.82, 2.24) is 0 Å². The Labute approximate surface area is 81.9 Å². The van der Waals surface area contributed by atoms with E-state index in [2.05, 4.69) is 0 Å². The van der Waals surface area contributed by atoms with Crippen molar-refractivity contribution in [1.29, 1.82) is 0 Å². The molecule has 0 bridgehead atoms. The molecule has 0 saturated carbocycles. The van der Waals surface area contributed by atoms with Crippen LogP contribution in [0.15, 0.2) is 0 Å². The summed E-state index contributed by atoms with van der Waals surface area (Å²) in [5.74, 6) is -0.118. The van der Waals surface area contributed by atoms with Crippen LogP contribution in [0.25, 0.3) is 0 Å². The maximum Gasteiger partial charge on any atom is 0.110 e. The molecule has 3 N–H and O–H groups in total. The van der Waals surface area contributed by atoms with Gasteiger partial charge in [-0.2, -0.15) is 0 Å². The quantitative estimate of drug-likeness (QED) is 0.566. The summed E-state index contributed by atoms with van der Waals surface area (Å²) in [5, 5.41) is 27.9. The standard InChI is InChI=1S/C8H16O4S/c1-4-6(10)7(11)5(3-9)12-8(4)13-2/h4-11H,3H2,1-2H3/t4-,5?,6-,7?,8?/m1/s1. The summed E-state index contributed by atoms with van der Waals surface area (Å²) in [5.41, 5.74) is -0.157. The van der Waals surface area contributed by atoms with Gasteiger partial charge in [-0.25, -0.2) is 0 Å². The number of ether oxygens (including phenoxy) is 1. The Hall–Kier alpha value is 0.190. The molecule has 0 spiro atoms. The Bertz CT molecular complexity index is 146. The number of aliphatic hydroxyl groups is 3. The van der Waals surface area contributed by atoms with E-state index < -0.39 is 18.3 Å². The predicted molar refractivity (Wildman–Crippen MR) is 50.4 cm³/mol. The normalized spacial score (nSPS) is 46.4. The lowest BCUT2D eigenvalue weighted by molar-refractivity contribution is -0.181. The topological polar surface area (TPSA) is 69.9 Å². The maximum absolute atomic E-state index is 9.59. The van der Waals surface area contributed by atoms with E-state index in [-0.39, 0.29) is 18.0 Å². The summed E-state index contributed by atoms with van der Waals surface area (Å²) in [6.45, 7) is 1.56. The lowest BCUT2D eigenvalue weighted by Crippen LogP contribution is -2.53. The molecule has 78 valence electrons. The summed E-state index contributed by atoms with van der Waals surface area (Å²) in [6, 6.07) is 0. The van der Waals surface area contributed by atoms with Crippen LogP contribution < -0.4 is 0 Å². The van der Waals surface area contributed by atoms with Crippen molar-refractivity contribution in [2.24, 2.45) is 5.92 Å². The Kier molecular flexibility index (Phi) is 4.00. The first kappa shape index (κ1) is 11.3. The van der Waals surface area contributed by atoms with Gasteiger partial charge >= 0.3 is 0 Å². The van der Waals surface area contributed by atoms with E-state index in [1.807, 2.05) is 13.2 Å². The summed E-state index contributed by atoms with van der Waals surface area (Å²) in [6.07, 6.45) is -0.588. The smallest absolute Gasteiger partial charge is 0.110 e. The molecule has 1 heterocycles.